The van der Waals surface area contributed by atoms with Gasteiger partial charge in [0, 0.05) is 23.5 Å². The average Bonchev–Trinajstić information content (AvgIpc) is 2.03. The van der Waals surface area contributed by atoms with Gasteiger partial charge in [0.15, 0.2) is 0 Å². The fraction of sp³-hybridized carbons (Fsp3) is 0.444. The Kier molecular flexibility index (Phi) is 3.12. The number of pyridine rings is 1. The molecule has 0 spiro atoms. The molecule has 0 aliphatic heterocycles. The molecular weight excluding hydrogens is 186 g/mol. The molecule has 0 unspecified atom stereocenters. The zero-order valence-corrected chi connectivity index (χ0v) is 8.55. The highest BCUT2D eigenvalue weighted by Gasteiger charge is 2.13. The molecule has 1 heterocycles. The van der Waals surface area contributed by atoms with Crippen LogP contribution >= 0.6 is 11.6 Å². The fourth-order valence-corrected chi connectivity index (χ4v) is 1.26. The van der Waals surface area contributed by atoms with Crippen LogP contribution in [0.2, 0.25) is 5.15 Å². The second-order valence-electron chi connectivity index (χ2n) is 3.41. The summed E-state index contributed by atoms with van der Waals surface area (Å²) in [6.45, 7) is 4.08. The highest BCUT2D eigenvalue weighted by Crippen LogP contribution is 2.25. The topological polar surface area (TPSA) is 64.9 Å². The van der Waals surface area contributed by atoms with Gasteiger partial charge in [0.05, 0.1) is 0 Å². The third-order valence-corrected chi connectivity index (χ3v) is 2.22. The Labute approximate surface area is 83.1 Å². The molecular formula is C9H14ClN3. The summed E-state index contributed by atoms with van der Waals surface area (Å²) in [7, 11) is 0. The number of rotatable bonds is 2. The molecule has 4 heteroatoms. The summed E-state index contributed by atoms with van der Waals surface area (Å²) < 4.78 is 0. The van der Waals surface area contributed by atoms with Crippen LogP contribution in [-0.4, -0.2) is 4.98 Å². The van der Waals surface area contributed by atoms with Gasteiger partial charge in [0.25, 0.3) is 0 Å². The zero-order valence-electron chi connectivity index (χ0n) is 7.79. The van der Waals surface area contributed by atoms with E-state index in [2.05, 4.69) is 4.98 Å². The lowest BCUT2D eigenvalue weighted by Crippen LogP contribution is -2.18. The first-order valence-electron chi connectivity index (χ1n) is 4.19. The first-order valence-corrected chi connectivity index (χ1v) is 4.56. The van der Waals surface area contributed by atoms with E-state index in [9.17, 15) is 0 Å². The van der Waals surface area contributed by atoms with Crippen molar-refractivity contribution in [3.8, 4) is 0 Å². The van der Waals surface area contributed by atoms with Gasteiger partial charge in [-0.25, -0.2) is 4.98 Å². The van der Waals surface area contributed by atoms with Crippen LogP contribution in [0.4, 0.5) is 5.69 Å². The van der Waals surface area contributed by atoms with Crippen molar-refractivity contribution in [3.05, 3.63) is 23.0 Å². The fourth-order valence-electron chi connectivity index (χ4n) is 1.09. The van der Waals surface area contributed by atoms with E-state index in [0.717, 1.165) is 5.56 Å². The van der Waals surface area contributed by atoms with Crippen molar-refractivity contribution in [1.29, 1.82) is 0 Å². The monoisotopic (exact) mass is 199 g/mol. The predicted octanol–water partition coefficient (Wildman–Crippen LogP) is 1.97. The average molecular weight is 200 g/mol. The number of aromatic nitrogens is 1. The van der Waals surface area contributed by atoms with E-state index in [1.165, 1.54) is 0 Å². The van der Waals surface area contributed by atoms with E-state index in [0.29, 0.717) is 16.8 Å². The van der Waals surface area contributed by atoms with Crippen molar-refractivity contribution in [2.24, 2.45) is 11.7 Å². The van der Waals surface area contributed by atoms with E-state index >= 15 is 0 Å². The normalized spacial score (nSPS) is 13.3. The molecule has 0 amide bonds. The Bertz CT molecular complexity index is 299. The van der Waals surface area contributed by atoms with Gasteiger partial charge in [-0.3, -0.25) is 0 Å². The first-order chi connectivity index (χ1) is 6.02. The maximum absolute atomic E-state index is 5.93. The standard InChI is InChI=1S/C9H14ClN3/c1-5(2)9(12)6-4-13-8(10)3-7(6)11/h3-5,9H,12H2,1-2H3,(H2,11,13)/t9-/m0/s1. The van der Waals surface area contributed by atoms with Crippen LogP contribution in [0.25, 0.3) is 0 Å². The minimum atomic E-state index is -0.0789. The first kappa shape index (κ1) is 10.3. The van der Waals surface area contributed by atoms with Crippen LogP contribution in [0, 0.1) is 5.92 Å². The molecule has 1 rings (SSSR count). The SMILES string of the molecule is CC(C)[C@H](N)c1cnc(Cl)cc1N. The number of hydrogen-bond acceptors (Lipinski definition) is 3. The summed E-state index contributed by atoms with van der Waals surface area (Å²) in [5.41, 5.74) is 13.2. The number of anilines is 1. The molecule has 0 saturated heterocycles. The lowest BCUT2D eigenvalue weighted by Gasteiger charge is -2.17. The van der Waals surface area contributed by atoms with Crippen molar-refractivity contribution in [2.45, 2.75) is 19.9 Å². The van der Waals surface area contributed by atoms with Crippen LogP contribution in [0.15, 0.2) is 12.3 Å². The summed E-state index contributed by atoms with van der Waals surface area (Å²) in [4.78, 5) is 3.95. The molecule has 13 heavy (non-hydrogen) atoms. The summed E-state index contributed by atoms with van der Waals surface area (Å²) in [6.07, 6.45) is 1.64. The van der Waals surface area contributed by atoms with E-state index in [-0.39, 0.29) is 6.04 Å². The molecule has 72 valence electrons. The van der Waals surface area contributed by atoms with Gasteiger partial charge < -0.3 is 11.5 Å². The molecule has 1 aromatic heterocycles. The van der Waals surface area contributed by atoms with Crippen LogP contribution < -0.4 is 11.5 Å². The smallest absolute Gasteiger partial charge is 0.131 e. The molecule has 0 bridgehead atoms. The maximum atomic E-state index is 5.93. The van der Waals surface area contributed by atoms with E-state index in [4.69, 9.17) is 23.1 Å². The molecule has 0 radical (unpaired) electrons. The van der Waals surface area contributed by atoms with Crippen LogP contribution in [0.5, 0.6) is 0 Å². The Morgan fingerprint density at radius 2 is 2.08 bits per heavy atom. The minimum absolute atomic E-state index is 0.0789. The lowest BCUT2D eigenvalue weighted by atomic mass is 9.97. The highest BCUT2D eigenvalue weighted by atomic mass is 35.5. The maximum Gasteiger partial charge on any atom is 0.131 e. The second-order valence-corrected chi connectivity index (χ2v) is 3.79. The van der Waals surface area contributed by atoms with E-state index < -0.39 is 0 Å². The highest BCUT2D eigenvalue weighted by molar-refractivity contribution is 6.29. The summed E-state index contributed by atoms with van der Waals surface area (Å²) in [5, 5.41) is 0.400. The molecule has 4 N–H and O–H groups in total. The lowest BCUT2D eigenvalue weighted by molar-refractivity contribution is 0.514. The number of hydrogen-bond donors (Lipinski definition) is 2. The van der Waals surface area contributed by atoms with Gasteiger partial charge in [-0.2, -0.15) is 0 Å². The Hall–Kier alpha value is -0.800. The number of nitrogen functional groups attached to an aromatic ring is 1. The zero-order chi connectivity index (χ0) is 10.0. The van der Waals surface area contributed by atoms with Gasteiger partial charge in [-0.15, -0.1) is 0 Å². The molecule has 0 aromatic carbocycles. The molecule has 0 saturated carbocycles. The Morgan fingerprint density at radius 3 is 2.54 bits per heavy atom. The van der Waals surface area contributed by atoms with Gasteiger partial charge in [0.2, 0.25) is 0 Å². The van der Waals surface area contributed by atoms with Crippen molar-refractivity contribution < 1.29 is 0 Å². The Balaban J connectivity index is 3.01. The molecule has 0 fully saturated rings. The van der Waals surface area contributed by atoms with Gasteiger partial charge >= 0.3 is 0 Å². The van der Waals surface area contributed by atoms with Crippen molar-refractivity contribution >= 4 is 17.3 Å². The number of nitrogens with zero attached hydrogens (tertiary/aromatic N) is 1. The molecule has 0 aliphatic carbocycles. The number of halogens is 1. The van der Waals surface area contributed by atoms with Gasteiger partial charge in [0.1, 0.15) is 5.15 Å². The number of nitrogens with two attached hydrogens (primary N) is 2. The molecule has 0 aliphatic rings. The third kappa shape index (κ3) is 2.32. The predicted molar refractivity (Wildman–Crippen MR) is 55.4 cm³/mol. The van der Waals surface area contributed by atoms with Crippen molar-refractivity contribution in [2.75, 3.05) is 5.73 Å². The Morgan fingerprint density at radius 1 is 1.46 bits per heavy atom. The van der Waals surface area contributed by atoms with Gasteiger partial charge in [-0.1, -0.05) is 25.4 Å². The molecule has 3 nitrogen and oxygen atoms in total. The van der Waals surface area contributed by atoms with Crippen molar-refractivity contribution in [3.63, 3.8) is 0 Å². The van der Waals surface area contributed by atoms with Gasteiger partial charge in [-0.05, 0) is 12.0 Å². The van der Waals surface area contributed by atoms with Crippen LogP contribution in [0.3, 0.4) is 0 Å². The quantitative estimate of drug-likeness (QED) is 0.716. The summed E-state index contributed by atoms with van der Waals surface area (Å²) in [6, 6.07) is 1.55. The third-order valence-electron chi connectivity index (χ3n) is 2.01. The van der Waals surface area contributed by atoms with Crippen molar-refractivity contribution in [1.82, 2.24) is 4.98 Å². The van der Waals surface area contributed by atoms with E-state index in [1.54, 1.807) is 12.3 Å². The molecule has 1 atom stereocenters. The van der Waals surface area contributed by atoms with E-state index in [1.807, 2.05) is 13.8 Å². The van der Waals surface area contributed by atoms with Crippen LogP contribution in [-0.2, 0) is 0 Å². The summed E-state index contributed by atoms with van der Waals surface area (Å²) >= 11 is 5.67. The minimum Gasteiger partial charge on any atom is -0.398 e. The van der Waals surface area contributed by atoms with Crippen LogP contribution in [0.1, 0.15) is 25.5 Å². The largest absolute Gasteiger partial charge is 0.398 e. The second kappa shape index (κ2) is 3.94. The molecule has 1 aromatic rings. The summed E-state index contributed by atoms with van der Waals surface area (Å²) in [5.74, 6) is 0.338.